The number of carbonyl (C=O) groups is 1. The number of ketones is 1. The molecule has 7 heteroatoms. The minimum Gasteiger partial charge on any atom is -0.459 e. The molecule has 3 aromatic heterocycles. The highest BCUT2D eigenvalue weighted by atomic mass is 32.2. The highest BCUT2D eigenvalue weighted by Gasteiger charge is 2.28. The highest BCUT2D eigenvalue weighted by Crippen LogP contribution is 2.38. The topological polar surface area (TPSA) is 74.1 Å². The van der Waals surface area contributed by atoms with Gasteiger partial charge in [0.25, 0.3) is 11.1 Å². The average Bonchev–Trinajstić information content (AvgIpc) is 3.01. The van der Waals surface area contributed by atoms with Crippen LogP contribution in [0.25, 0.3) is 11.7 Å². The van der Waals surface area contributed by atoms with E-state index in [9.17, 15) is 4.79 Å². The second kappa shape index (κ2) is 5.98. The average molecular weight is 343 g/mol. The van der Waals surface area contributed by atoms with E-state index in [-0.39, 0.29) is 11.5 Å². The van der Waals surface area contributed by atoms with Gasteiger partial charge in [-0.15, -0.1) is 10.2 Å². The first-order valence-corrected chi connectivity index (χ1v) is 8.84. The molecule has 0 atom stereocenters. The van der Waals surface area contributed by atoms with Crippen molar-refractivity contribution in [1.29, 1.82) is 0 Å². The van der Waals surface area contributed by atoms with E-state index in [1.54, 1.807) is 18.4 Å². The molecule has 0 N–H and O–H groups in total. The van der Waals surface area contributed by atoms with E-state index in [1.165, 1.54) is 24.6 Å². The molecule has 0 aliphatic heterocycles. The fourth-order valence-corrected chi connectivity index (χ4v) is 3.57. The third-order valence-corrected chi connectivity index (χ3v) is 4.98. The van der Waals surface area contributed by atoms with E-state index >= 15 is 0 Å². The fourth-order valence-electron chi connectivity index (χ4n) is 2.93. The summed E-state index contributed by atoms with van der Waals surface area (Å²) >= 11 is 1.25. The molecule has 0 bridgehead atoms. The lowest BCUT2D eigenvalue weighted by Gasteiger charge is -2.07. The van der Waals surface area contributed by atoms with Crippen LogP contribution in [0.5, 0.6) is 0 Å². The van der Waals surface area contributed by atoms with Crippen LogP contribution in [0, 0.1) is 13.8 Å². The maximum atomic E-state index is 12.5. The summed E-state index contributed by atoms with van der Waals surface area (Å²) in [6.07, 6.45) is 3.96. The van der Waals surface area contributed by atoms with Gasteiger partial charge in [0, 0.05) is 23.0 Å². The minimum atomic E-state index is 0.0812. The molecule has 0 saturated heterocycles. The molecule has 0 radical (unpaired) electrons. The van der Waals surface area contributed by atoms with Crippen molar-refractivity contribution in [3.63, 3.8) is 0 Å². The van der Waals surface area contributed by atoms with E-state index in [1.807, 2.05) is 13.0 Å². The van der Waals surface area contributed by atoms with Gasteiger partial charge in [-0.05, 0) is 44.9 Å². The number of thioether (sulfide) groups is 1. The molecule has 4 rings (SSSR count). The van der Waals surface area contributed by atoms with Gasteiger partial charge in [-0.2, -0.15) is 0 Å². The smallest absolute Gasteiger partial charge is 0.284 e. The summed E-state index contributed by atoms with van der Waals surface area (Å²) < 4.78 is 13.0. The van der Waals surface area contributed by atoms with Crippen LogP contribution in [-0.2, 0) is 0 Å². The molecule has 1 fully saturated rings. The van der Waals surface area contributed by atoms with Crippen molar-refractivity contribution in [3.05, 3.63) is 41.4 Å². The molecule has 124 valence electrons. The van der Waals surface area contributed by atoms with Crippen molar-refractivity contribution in [2.75, 3.05) is 5.75 Å². The van der Waals surface area contributed by atoms with Gasteiger partial charge >= 0.3 is 0 Å². The lowest BCUT2D eigenvalue weighted by atomic mass is 10.2. The standard InChI is InChI=1S/C17H17N3O3S/c1-10-8-13(11(2)20(10)12-5-6-12)14(21)9-24-17-19-18-16(23-17)15-4-3-7-22-15/h3-4,7-8,12H,5-6,9H2,1-2H3. The molecule has 0 aromatic carbocycles. The van der Waals surface area contributed by atoms with E-state index in [2.05, 4.69) is 21.7 Å². The van der Waals surface area contributed by atoms with Crippen LogP contribution in [0.1, 0.15) is 40.6 Å². The van der Waals surface area contributed by atoms with Gasteiger partial charge in [0.05, 0.1) is 12.0 Å². The molecule has 1 aliphatic carbocycles. The summed E-state index contributed by atoms with van der Waals surface area (Å²) in [6, 6.07) is 6.07. The summed E-state index contributed by atoms with van der Waals surface area (Å²) in [7, 11) is 0. The van der Waals surface area contributed by atoms with Gasteiger partial charge < -0.3 is 13.4 Å². The molecule has 1 aliphatic rings. The summed E-state index contributed by atoms with van der Waals surface area (Å²) in [5.74, 6) is 1.20. The number of hydrogen-bond acceptors (Lipinski definition) is 6. The van der Waals surface area contributed by atoms with Crippen molar-refractivity contribution in [2.24, 2.45) is 0 Å². The molecule has 0 amide bonds. The van der Waals surface area contributed by atoms with Gasteiger partial charge in [-0.25, -0.2) is 0 Å². The van der Waals surface area contributed by atoms with E-state index in [0.717, 1.165) is 17.0 Å². The number of carbonyl (C=O) groups excluding carboxylic acids is 1. The molecule has 3 heterocycles. The fraction of sp³-hybridized carbons (Fsp3) is 0.353. The van der Waals surface area contributed by atoms with Crippen LogP contribution in [0.3, 0.4) is 0 Å². The van der Waals surface area contributed by atoms with Crippen molar-refractivity contribution in [3.8, 4) is 11.7 Å². The number of Topliss-reactive ketones (excluding diaryl/α,β-unsaturated/α-hetero) is 1. The van der Waals surface area contributed by atoms with Gasteiger partial charge in [-0.3, -0.25) is 4.79 Å². The van der Waals surface area contributed by atoms with E-state index < -0.39 is 0 Å². The summed E-state index contributed by atoms with van der Waals surface area (Å²) in [5, 5.41) is 8.25. The van der Waals surface area contributed by atoms with Crippen LogP contribution in [0.15, 0.2) is 38.5 Å². The second-order valence-corrected chi connectivity index (χ2v) is 6.87. The number of furan rings is 1. The van der Waals surface area contributed by atoms with E-state index in [0.29, 0.717) is 22.9 Å². The van der Waals surface area contributed by atoms with Crippen LogP contribution in [-0.4, -0.2) is 26.3 Å². The third-order valence-electron chi connectivity index (χ3n) is 4.16. The van der Waals surface area contributed by atoms with Gasteiger partial charge in [-0.1, -0.05) is 11.8 Å². The van der Waals surface area contributed by atoms with Gasteiger partial charge in [0.15, 0.2) is 11.5 Å². The second-order valence-electron chi connectivity index (χ2n) is 5.95. The Kier molecular flexibility index (Phi) is 3.80. The zero-order valence-electron chi connectivity index (χ0n) is 13.5. The molecule has 1 saturated carbocycles. The first-order valence-electron chi connectivity index (χ1n) is 7.85. The first-order chi connectivity index (χ1) is 11.6. The van der Waals surface area contributed by atoms with E-state index in [4.69, 9.17) is 8.83 Å². The molecule has 6 nitrogen and oxygen atoms in total. The Balaban J connectivity index is 1.44. The lowest BCUT2D eigenvalue weighted by molar-refractivity contribution is 0.102. The Morgan fingerprint density at radius 3 is 2.92 bits per heavy atom. The van der Waals surface area contributed by atoms with Crippen LogP contribution in [0.4, 0.5) is 0 Å². The van der Waals surface area contributed by atoms with Crippen LogP contribution in [0.2, 0.25) is 0 Å². The third kappa shape index (κ3) is 2.80. The maximum Gasteiger partial charge on any atom is 0.284 e. The number of nitrogens with zero attached hydrogens (tertiary/aromatic N) is 3. The summed E-state index contributed by atoms with van der Waals surface area (Å²) in [6.45, 7) is 4.08. The largest absolute Gasteiger partial charge is 0.459 e. The molecular weight excluding hydrogens is 326 g/mol. The molecule has 0 spiro atoms. The van der Waals surface area contributed by atoms with Gasteiger partial charge in [0.1, 0.15) is 0 Å². The SMILES string of the molecule is Cc1cc(C(=O)CSc2nnc(-c3ccco3)o2)c(C)n1C1CC1. The minimum absolute atomic E-state index is 0.0812. The summed E-state index contributed by atoms with van der Waals surface area (Å²) in [4.78, 5) is 12.5. The van der Waals surface area contributed by atoms with Crippen molar-refractivity contribution >= 4 is 17.5 Å². The first kappa shape index (κ1) is 15.3. The van der Waals surface area contributed by atoms with Crippen molar-refractivity contribution < 1.29 is 13.6 Å². The number of hydrogen-bond donors (Lipinski definition) is 0. The predicted octanol–water partition coefficient (Wildman–Crippen LogP) is 4.06. The number of rotatable bonds is 6. The van der Waals surface area contributed by atoms with Gasteiger partial charge in [0.2, 0.25) is 0 Å². The van der Waals surface area contributed by atoms with Crippen molar-refractivity contribution in [1.82, 2.24) is 14.8 Å². The number of aromatic nitrogens is 3. The lowest BCUT2D eigenvalue weighted by Crippen LogP contribution is -2.05. The van der Waals surface area contributed by atoms with Crippen LogP contribution < -0.4 is 0 Å². The zero-order valence-corrected chi connectivity index (χ0v) is 14.3. The summed E-state index contributed by atoms with van der Waals surface area (Å²) in [5.41, 5.74) is 3.00. The van der Waals surface area contributed by atoms with Crippen molar-refractivity contribution in [2.45, 2.75) is 38.0 Å². The Hall–Kier alpha value is -2.28. The molecule has 3 aromatic rings. The monoisotopic (exact) mass is 343 g/mol. The molecule has 24 heavy (non-hydrogen) atoms. The van der Waals surface area contributed by atoms with Crippen LogP contribution >= 0.6 is 11.8 Å². The maximum absolute atomic E-state index is 12.5. The highest BCUT2D eigenvalue weighted by molar-refractivity contribution is 7.99. The quantitative estimate of drug-likeness (QED) is 0.496. The molecule has 0 unspecified atom stereocenters. The zero-order chi connectivity index (χ0) is 16.7. The normalized spacial score (nSPS) is 14.2. The Bertz CT molecular complexity index is 875. The molecular formula is C17H17N3O3S. The Morgan fingerprint density at radius 1 is 1.38 bits per heavy atom. The predicted molar refractivity (Wildman–Crippen MR) is 89.2 cm³/mol. The Morgan fingerprint density at radius 2 is 2.21 bits per heavy atom. The Labute approximate surface area is 143 Å². The number of aryl methyl sites for hydroxylation is 1.